The molecule has 0 aliphatic carbocycles. The van der Waals surface area contributed by atoms with Gasteiger partial charge in [0.15, 0.2) is 0 Å². The van der Waals surface area contributed by atoms with Crippen LogP contribution in [0.3, 0.4) is 0 Å². The van der Waals surface area contributed by atoms with E-state index in [1.165, 1.54) is 56.9 Å². The van der Waals surface area contributed by atoms with Gasteiger partial charge in [0.1, 0.15) is 0 Å². The van der Waals surface area contributed by atoms with Gasteiger partial charge in [-0.1, -0.05) is 6.92 Å². The summed E-state index contributed by atoms with van der Waals surface area (Å²) in [6.45, 7) is 14.2. The minimum absolute atomic E-state index is 0.272. The number of rotatable bonds is 7. The summed E-state index contributed by atoms with van der Waals surface area (Å²) in [5, 5.41) is 3.64. The lowest BCUT2D eigenvalue weighted by Gasteiger charge is -2.33. The van der Waals surface area contributed by atoms with Crippen LogP contribution in [0.4, 0.5) is 0 Å². The topological polar surface area (TPSA) is 15.3 Å². The fraction of sp³-hybridized carbons (Fsp3) is 1.00. The molecule has 0 amide bonds. The molecular weight excluding hydrogens is 240 g/mol. The molecule has 0 aromatic heterocycles. The van der Waals surface area contributed by atoms with Crippen molar-refractivity contribution >= 4 is 11.8 Å². The van der Waals surface area contributed by atoms with E-state index in [9.17, 15) is 0 Å². The average Bonchev–Trinajstić information content (AvgIpc) is 2.33. The number of nitrogens with zero attached hydrogens (tertiary/aromatic N) is 1. The van der Waals surface area contributed by atoms with Crippen molar-refractivity contribution in [3.8, 4) is 0 Å². The largest absolute Gasteiger partial charge is 0.312 e. The monoisotopic (exact) mass is 272 g/mol. The van der Waals surface area contributed by atoms with E-state index in [0.29, 0.717) is 0 Å². The van der Waals surface area contributed by atoms with Crippen molar-refractivity contribution in [3.05, 3.63) is 0 Å². The molecule has 1 N–H and O–H groups in total. The van der Waals surface area contributed by atoms with Crippen LogP contribution >= 0.6 is 11.8 Å². The fourth-order valence-corrected chi connectivity index (χ4v) is 3.02. The lowest BCUT2D eigenvalue weighted by Crippen LogP contribution is -2.43. The Labute approximate surface area is 118 Å². The molecule has 3 heteroatoms. The summed E-state index contributed by atoms with van der Waals surface area (Å²) in [5.41, 5.74) is 0.272. The number of likely N-dealkylation sites (tertiary alicyclic amines) is 1. The van der Waals surface area contributed by atoms with Crippen molar-refractivity contribution < 1.29 is 0 Å². The van der Waals surface area contributed by atoms with Gasteiger partial charge in [-0.05, 0) is 83.6 Å². The van der Waals surface area contributed by atoms with Crippen LogP contribution in [-0.2, 0) is 0 Å². The van der Waals surface area contributed by atoms with Crippen molar-refractivity contribution in [1.29, 1.82) is 0 Å². The first kappa shape index (κ1) is 16.3. The van der Waals surface area contributed by atoms with E-state index in [1.54, 1.807) is 0 Å². The zero-order valence-corrected chi connectivity index (χ0v) is 13.6. The molecule has 0 spiro atoms. The van der Waals surface area contributed by atoms with Crippen molar-refractivity contribution in [2.45, 2.75) is 52.5 Å². The lowest BCUT2D eigenvalue weighted by molar-refractivity contribution is 0.177. The molecule has 1 saturated heterocycles. The highest BCUT2D eigenvalue weighted by atomic mass is 32.2. The van der Waals surface area contributed by atoms with Gasteiger partial charge >= 0.3 is 0 Å². The van der Waals surface area contributed by atoms with Crippen molar-refractivity contribution in [1.82, 2.24) is 10.2 Å². The second-order valence-corrected chi connectivity index (χ2v) is 7.86. The third kappa shape index (κ3) is 7.65. The van der Waals surface area contributed by atoms with Gasteiger partial charge in [0, 0.05) is 5.54 Å². The summed E-state index contributed by atoms with van der Waals surface area (Å²) in [6, 6.07) is 0. The second-order valence-electron chi connectivity index (χ2n) is 6.47. The molecule has 2 nitrogen and oxygen atoms in total. The summed E-state index contributed by atoms with van der Waals surface area (Å²) >= 11 is 2.07. The number of piperidine rings is 1. The Morgan fingerprint density at radius 1 is 1.22 bits per heavy atom. The Balaban J connectivity index is 2.05. The summed E-state index contributed by atoms with van der Waals surface area (Å²) in [6.07, 6.45) is 4.12. The summed E-state index contributed by atoms with van der Waals surface area (Å²) in [7, 11) is 0. The summed E-state index contributed by atoms with van der Waals surface area (Å²) in [5.74, 6) is 3.49. The molecule has 108 valence electrons. The van der Waals surface area contributed by atoms with E-state index in [0.717, 1.165) is 5.92 Å². The molecule has 0 bridgehead atoms. The smallest absolute Gasteiger partial charge is 0.00966 e. The second kappa shape index (κ2) is 8.44. The van der Waals surface area contributed by atoms with Gasteiger partial charge < -0.3 is 10.2 Å². The highest BCUT2D eigenvalue weighted by molar-refractivity contribution is 7.99. The van der Waals surface area contributed by atoms with E-state index in [1.807, 2.05) is 0 Å². The number of thioether (sulfide) groups is 1. The van der Waals surface area contributed by atoms with Gasteiger partial charge in [-0.2, -0.15) is 11.8 Å². The lowest BCUT2D eigenvalue weighted by atomic mass is 9.95. The van der Waals surface area contributed by atoms with Gasteiger partial charge in [0.25, 0.3) is 0 Å². The molecular formula is C15H32N2S. The predicted molar refractivity (Wildman–Crippen MR) is 84.5 cm³/mol. The van der Waals surface area contributed by atoms with Gasteiger partial charge in [-0.25, -0.2) is 0 Å². The zero-order valence-electron chi connectivity index (χ0n) is 12.8. The molecule has 0 aromatic rings. The maximum Gasteiger partial charge on any atom is 0.00966 e. The van der Waals surface area contributed by atoms with Crippen LogP contribution in [0.15, 0.2) is 0 Å². The molecule has 0 atom stereocenters. The summed E-state index contributed by atoms with van der Waals surface area (Å²) in [4.78, 5) is 2.66. The highest BCUT2D eigenvalue weighted by Crippen LogP contribution is 2.17. The maximum absolute atomic E-state index is 3.64. The van der Waals surface area contributed by atoms with Crippen molar-refractivity contribution in [2.75, 3.05) is 37.7 Å². The summed E-state index contributed by atoms with van der Waals surface area (Å²) < 4.78 is 0. The minimum Gasteiger partial charge on any atom is -0.312 e. The van der Waals surface area contributed by atoms with Crippen LogP contribution in [0, 0.1) is 5.92 Å². The number of hydrogen-bond donors (Lipinski definition) is 1. The van der Waals surface area contributed by atoms with Gasteiger partial charge in [-0.3, -0.25) is 0 Å². The third-order valence-corrected chi connectivity index (χ3v) is 4.58. The molecule has 1 heterocycles. The van der Waals surface area contributed by atoms with Gasteiger partial charge in [-0.15, -0.1) is 0 Å². The molecule has 0 radical (unpaired) electrons. The maximum atomic E-state index is 3.64. The first-order chi connectivity index (χ1) is 8.51. The van der Waals surface area contributed by atoms with Crippen LogP contribution in [-0.4, -0.2) is 48.1 Å². The van der Waals surface area contributed by atoms with E-state index in [2.05, 4.69) is 49.7 Å². The van der Waals surface area contributed by atoms with Crippen LogP contribution in [0.5, 0.6) is 0 Å². The molecule has 1 rings (SSSR count). The van der Waals surface area contributed by atoms with Gasteiger partial charge in [0.05, 0.1) is 0 Å². The fourth-order valence-electron chi connectivity index (χ4n) is 2.40. The quantitative estimate of drug-likeness (QED) is 0.716. The Kier molecular flexibility index (Phi) is 7.66. The first-order valence-electron chi connectivity index (χ1n) is 7.56. The SMILES string of the molecule is CCSCCCN1CCC(CNC(C)(C)C)CC1. The van der Waals surface area contributed by atoms with Crippen LogP contribution in [0.2, 0.25) is 0 Å². The molecule has 18 heavy (non-hydrogen) atoms. The Bertz CT molecular complexity index is 205. The van der Waals surface area contributed by atoms with E-state index in [4.69, 9.17) is 0 Å². The van der Waals surface area contributed by atoms with Crippen molar-refractivity contribution in [3.63, 3.8) is 0 Å². The minimum atomic E-state index is 0.272. The molecule has 0 saturated carbocycles. The standard InChI is InChI=1S/C15H32N2S/c1-5-18-12-6-9-17-10-7-14(8-11-17)13-16-15(2,3)4/h14,16H,5-13H2,1-4H3. The first-order valence-corrected chi connectivity index (χ1v) is 8.72. The predicted octanol–water partition coefficient (Wildman–Crippen LogP) is 3.23. The molecule has 1 fully saturated rings. The van der Waals surface area contributed by atoms with Crippen LogP contribution in [0.1, 0.15) is 47.0 Å². The van der Waals surface area contributed by atoms with Crippen LogP contribution in [0.25, 0.3) is 0 Å². The Morgan fingerprint density at radius 2 is 1.89 bits per heavy atom. The number of hydrogen-bond acceptors (Lipinski definition) is 3. The molecule has 1 aliphatic heterocycles. The molecule has 1 aliphatic rings. The third-order valence-electron chi connectivity index (χ3n) is 3.60. The van der Waals surface area contributed by atoms with Crippen molar-refractivity contribution in [2.24, 2.45) is 5.92 Å². The Hall–Kier alpha value is 0.270. The Morgan fingerprint density at radius 3 is 2.44 bits per heavy atom. The molecule has 0 unspecified atom stereocenters. The van der Waals surface area contributed by atoms with Gasteiger partial charge in [0.2, 0.25) is 0 Å². The molecule has 0 aromatic carbocycles. The zero-order chi connectivity index (χ0) is 13.4. The van der Waals surface area contributed by atoms with Crippen LogP contribution < -0.4 is 5.32 Å². The highest BCUT2D eigenvalue weighted by Gasteiger charge is 2.20. The van der Waals surface area contributed by atoms with E-state index < -0.39 is 0 Å². The van der Waals surface area contributed by atoms with E-state index in [-0.39, 0.29) is 5.54 Å². The normalized spacial score (nSPS) is 19.3. The number of nitrogens with one attached hydrogen (secondary N) is 1. The average molecular weight is 273 g/mol. The van der Waals surface area contributed by atoms with E-state index >= 15 is 0 Å².